The monoisotopic (exact) mass is 321 g/mol. The van der Waals surface area contributed by atoms with Gasteiger partial charge in [0.2, 0.25) is 0 Å². The average Bonchev–Trinajstić information content (AvgIpc) is 2.85. The van der Waals surface area contributed by atoms with Gasteiger partial charge in [-0.25, -0.2) is 0 Å². The highest BCUT2D eigenvalue weighted by Gasteiger charge is 2.24. The number of rotatable bonds is 4. The molecule has 0 bridgehead atoms. The predicted molar refractivity (Wildman–Crippen MR) is 82.4 cm³/mol. The fourth-order valence-electron chi connectivity index (χ4n) is 2.80. The van der Waals surface area contributed by atoms with Gasteiger partial charge in [0.15, 0.2) is 0 Å². The van der Waals surface area contributed by atoms with Gasteiger partial charge >= 0.3 is 0 Å². The molecule has 0 saturated carbocycles. The van der Waals surface area contributed by atoms with Crippen molar-refractivity contribution in [3.63, 3.8) is 0 Å². The number of benzene rings is 1. The molecule has 0 aliphatic carbocycles. The molecular formula is C15H20BrN3. The summed E-state index contributed by atoms with van der Waals surface area (Å²) in [5.41, 5.74) is 1.81. The smallest absolute Gasteiger partial charge is 0.0992 e. The lowest BCUT2D eigenvalue weighted by Gasteiger charge is -2.29. The summed E-state index contributed by atoms with van der Waals surface area (Å²) in [6.45, 7) is 5.59. The Hall–Kier alpha value is -1.05. The first-order chi connectivity index (χ1) is 9.13. The Morgan fingerprint density at radius 1 is 1.47 bits per heavy atom. The number of halogens is 1. The van der Waals surface area contributed by atoms with E-state index in [0.717, 1.165) is 23.2 Å². The van der Waals surface area contributed by atoms with Crippen LogP contribution in [-0.2, 0) is 0 Å². The van der Waals surface area contributed by atoms with E-state index in [1.54, 1.807) is 0 Å². The molecule has 4 heteroatoms. The average molecular weight is 322 g/mol. The third kappa shape index (κ3) is 3.49. The van der Waals surface area contributed by atoms with Gasteiger partial charge in [0.1, 0.15) is 0 Å². The third-order valence-electron chi connectivity index (χ3n) is 3.84. The number of likely N-dealkylation sites (N-methyl/N-ethyl adjacent to an activating group) is 2. The molecule has 0 radical (unpaired) electrons. The molecule has 0 spiro atoms. The van der Waals surface area contributed by atoms with Crippen molar-refractivity contribution < 1.29 is 0 Å². The van der Waals surface area contributed by atoms with Gasteiger partial charge in [-0.3, -0.25) is 4.90 Å². The van der Waals surface area contributed by atoms with Crippen LogP contribution in [0.4, 0.5) is 5.69 Å². The van der Waals surface area contributed by atoms with E-state index in [9.17, 15) is 0 Å². The second-order valence-electron chi connectivity index (χ2n) is 5.12. The normalized spacial score (nSPS) is 19.4. The maximum absolute atomic E-state index is 9.04. The van der Waals surface area contributed by atoms with Crippen molar-refractivity contribution >= 4 is 21.6 Å². The summed E-state index contributed by atoms with van der Waals surface area (Å²) in [4.78, 5) is 4.80. The predicted octanol–water partition coefficient (Wildman–Crippen LogP) is 3.24. The maximum atomic E-state index is 9.04. The minimum absolute atomic E-state index is 0.638. The van der Waals surface area contributed by atoms with Gasteiger partial charge in [-0.05, 0) is 44.1 Å². The molecule has 0 aromatic heterocycles. The van der Waals surface area contributed by atoms with Crippen LogP contribution in [0.2, 0.25) is 0 Å². The maximum Gasteiger partial charge on any atom is 0.0992 e. The van der Waals surface area contributed by atoms with Crippen LogP contribution in [0, 0.1) is 11.3 Å². The minimum Gasteiger partial charge on any atom is -0.373 e. The van der Waals surface area contributed by atoms with Gasteiger partial charge in [0, 0.05) is 29.8 Å². The fraction of sp³-hybridized carbons (Fsp3) is 0.533. The van der Waals surface area contributed by atoms with Crippen LogP contribution in [0.1, 0.15) is 25.3 Å². The lowest BCUT2D eigenvalue weighted by Crippen LogP contribution is -2.38. The van der Waals surface area contributed by atoms with Crippen molar-refractivity contribution in [1.82, 2.24) is 4.90 Å². The van der Waals surface area contributed by atoms with Crippen LogP contribution in [0.25, 0.3) is 0 Å². The highest BCUT2D eigenvalue weighted by molar-refractivity contribution is 9.10. The molecule has 19 heavy (non-hydrogen) atoms. The van der Waals surface area contributed by atoms with E-state index in [1.165, 1.54) is 19.4 Å². The summed E-state index contributed by atoms with van der Waals surface area (Å²) < 4.78 is 0.965. The molecule has 1 aliphatic rings. The molecule has 2 rings (SSSR count). The highest BCUT2D eigenvalue weighted by atomic mass is 79.9. The lowest BCUT2D eigenvalue weighted by atomic mass is 10.1. The van der Waals surface area contributed by atoms with Crippen LogP contribution in [0.5, 0.6) is 0 Å². The number of anilines is 1. The van der Waals surface area contributed by atoms with Gasteiger partial charge < -0.3 is 4.90 Å². The van der Waals surface area contributed by atoms with Crippen LogP contribution < -0.4 is 4.90 Å². The molecule has 1 aromatic rings. The van der Waals surface area contributed by atoms with Gasteiger partial charge in [-0.15, -0.1) is 0 Å². The summed E-state index contributed by atoms with van der Waals surface area (Å²) in [6, 6.07) is 8.73. The number of nitrogens with zero attached hydrogens (tertiary/aromatic N) is 3. The van der Waals surface area contributed by atoms with Crippen LogP contribution >= 0.6 is 15.9 Å². The van der Waals surface area contributed by atoms with Crippen molar-refractivity contribution in [3.05, 3.63) is 28.2 Å². The van der Waals surface area contributed by atoms with E-state index in [-0.39, 0.29) is 0 Å². The zero-order valence-corrected chi connectivity index (χ0v) is 13.2. The third-order valence-corrected chi connectivity index (χ3v) is 4.30. The Labute approximate surface area is 123 Å². The van der Waals surface area contributed by atoms with Crippen LogP contribution in [0.3, 0.4) is 0 Å². The van der Waals surface area contributed by atoms with E-state index in [2.05, 4.69) is 51.8 Å². The zero-order chi connectivity index (χ0) is 13.8. The fourth-order valence-corrected chi connectivity index (χ4v) is 3.28. The van der Waals surface area contributed by atoms with E-state index < -0.39 is 0 Å². The Balaban J connectivity index is 2.09. The van der Waals surface area contributed by atoms with Crippen molar-refractivity contribution in [2.75, 3.05) is 31.6 Å². The van der Waals surface area contributed by atoms with Crippen molar-refractivity contribution in [2.45, 2.75) is 25.8 Å². The summed E-state index contributed by atoms with van der Waals surface area (Å²) in [5, 5.41) is 9.04. The number of hydrogen-bond acceptors (Lipinski definition) is 3. The quantitative estimate of drug-likeness (QED) is 0.852. The second-order valence-corrected chi connectivity index (χ2v) is 6.03. The number of likely N-dealkylation sites (tertiary alicyclic amines) is 1. The Morgan fingerprint density at radius 2 is 2.26 bits per heavy atom. The first-order valence-electron chi connectivity index (χ1n) is 6.80. The van der Waals surface area contributed by atoms with Crippen molar-refractivity contribution in [1.29, 1.82) is 5.26 Å². The molecule has 1 atom stereocenters. The molecule has 1 heterocycles. The minimum atomic E-state index is 0.638. The van der Waals surface area contributed by atoms with Crippen LogP contribution in [0.15, 0.2) is 22.7 Å². The van der Waals surface area contributed by atoms with Crippen molar-refractivity contribution in [2.24, 2.45) is 0 Å². The van der Waals surface area contributed by atoms with Crippen LogP contribution in [-0.4, -0.2) is 37.6 Å². The molecule has 1 aromatic carbocycles. The SMILES string of the molecule is CCN1CCCC1CN(C)c1cc(Br)cc(C#N)c1. The molecule has 1 fully saturated rings. The van der Waals surface area contributed by atoms with E-state index >= 15 is 0 Å². The Kier molecular flexibility index (Phi) is 4.84. The number of nitriles is 1. The summed E-state index contributed by atoms with van der Waals surface area (Å²) in [7, 11) is 2.11. The number of hydrogen-bond donors (Lipinski definition) is 0. The highest BCUT2D eigenvalue weighted by Crippen LogP contribution is 2.24. The van der Waals surface area contributed by atoms with Crippen molar-refractivity contribution in [3.8, 4) is 6.07 Å². The summed E-state index contributed by atoms with van der Waals surface area (Å²) >= 11 is 3.47. The lowest BCUT2D eigenvalue weighted by molar-refractivity contribution is 0.270. The first-order valence-corrected chi connectivity index (χ1v) is 7.59. The van der Waals surface area contributed by atoms with E-state index in [4.69, 9.17) is 5.26 Å². The molecule has 0 amide bonds. The molecule has 1 aliphatic heterocycles. The van der Waals surface area contributed by atoms with Gasteiger partial charge in [0.25, 0.3) is 0 Å². The first kappa shape index (κ1) is 14.4. The Morgan fingerprint density at radius 3 is 2.95 bits per heavy atom. The van der Waals surface area contributed by atoms with Gasteiger partial charge in [-0.2, -0.15) is 5.26 Å². The Bertz CT molecular complexity index is 481. The van der Waals surface area contributed by atoms with Gasteiger partial charge in [-0.1, -0.05) is 22.9 Å². The van der Waals surface area contributed by atoms with E-state index in [1.807, 2.05) is 12.1 Å². The second kappa shape index (κ2) is 6.40. The largest absolute Gasteiger partial charge is 0.373 e. The summed E-state index contributed by atoms with van der Waals surface area (Å²) in [5.74, 6) is 0. The van der Waals surface area contributed by atoms with E-state index in [0.29, 0.717) is 11.6 Å². The summed E-state index contributed by atoms with van der Waals surface area (Å²) in [6.07, 6.45) is 2.57. The molecule has 0 N–H and O–H groups in total. The molecule has 3 nitrogen and oxygen atoms in total. The van der Waals surface area contributed by atoms with Gasteiger partial charge in [0.05, 0.1) is 11.6 Å². The molecule has 102 valence electrons. The topological polar surface area (TPSA) is 30.3 Å². The zero-order valence-electron chi connectivity index (χ0n) is 11.6. The molecular weight excluding hydrogens is 302 g/mol. The standard InChI is InChI=1S/C15H20BrN3/c1-3-19-6-4-5-14(19)11-18(2)15-8-12(10-17)7-13(16)9-15/h7-9,14H,3-6,11H2,1-2H3. The molecule has 1 saturated heterocycles. The molecule has 1 unspecified atom stereocenters.